The number of nitrogens with zero attached hydrogens (tertiary/aromatic N) is 1. The van der Waals surface area contributed by atoms with Crippen LogP contribution in [0.5, 0.6) is 0 Å². The fourth-order valence-electron chi connectivity index (χ4n) is 1.52. The van der Waals surface area contributed by atoms with Crippen LogP contribution in [0.4, 0.5) is 0 Å². The molecule has 0 aromatic heterocycles. The second-order valence-electron chi connectivity index (χ2n) is 4.88. The van der Waals surface area contributed by atoms with Crippen LogP contribution in [-0.4, -0.2) is 24.1 Å². The molecule has 0 aromatic rings. The number of nitrogens with one attached hydrogen (secondary N) is 1. The van der Waals surface area contributed by atoms with Gasteiger partial charge in [0.25, 0.3) is 0 Å². The molecule has 0 aliphatic rings. The Morgan fingerprint density at radius 1 is 1.35 bits per heavy atom. The van der Waals surface area contributed by atoms with E-state index in [0.29, 0.717) is 5.84 Å². The molecule has 0 aliphatic carbocycles. The molecule has 0 saturated carbocycles. The number of rotatable bonds is 9. The van der Waals surface area contributed by atoms with Crippen molar-refractivity contribution in [2.75, 3.05) is 13.1 Å². The van der Waals surface area contributed by atoms with Gasteiger partial charge in [-0.05, 0) is 32.4 Å². The topological polar surface area (TPSA) is 70.6 Å². The van der Waals surface area contributed by atoms with E-state index in [1.807, 2.05) is 13.8 Å². The number of nitrogens with two attached hydrogens (primary N) is 1. The normalized spacial score (nSPS) is 12.4. The first kappa shape index (κ1) is 15.8. The largest absolute Gasteiger partial charge is 0.409 e. The number of hydrogen-bond donors (Lipinski definition) is 3. The summed E-state index contributed by atoms with van der Waals surface area (Å²) in [4.78, 5) is 0. The third-order valence-electron chi connectivity index (χ3n) is 2.88. The molecule has 0 heterocycles. The highest BCUT2D eigenvalue weighted by Crippen LogP contribution is 2.22. The molecule has 0 spiro atoms. The molecule has 0 radical (unpaired) electrons. The van der Waals surface area contributed by atoms with Crippen LogP contribution in [0, 0.1) is 17.8 Å². The molecular formula is C13H25N3O. The smallest absolute Gasteiger partial charge is 0.144 e. The van der Waals surface area contributed by atoms with Crippen LogP contribution in [0.2, 0.25) is 0 Å². The molecule has 0 fully saturated rings. The molecule has 0 amide bonds. The predicted octanol–water partition coefficient (Wildman–Crippen LogP) is 1.93. The van der Waals surface area contributed by atoms with E-state index in [1.165, 1.54) is 0 Å². The zero-order valence-electron chi connectivity index (χ0n) is 11.0. The molecule has 98 valence electrons. The maximum absolute atomic E-state index is 8.63. The lowest BCUT2D eigenvalue weighted by Crippen LogP contribution is -2.32. The molecule has 4 heteroatoms. The fraction of sp³-hybridized carbons (Fsp3) is 0.769. The second-order valence-corrected chi connectivity index (χ2v) is 4.88. The Balaban J connectivity index is 3.49. The highest BCUT2D eigenvalue weighted by atomic mass is 16.4. The monoisotopic (exact) mass is 239 g/mol. The van der Waals surface area contributed by atoms with Crippen molar-refractivity contribution in [2.45, 2.75) is 46.0 Å². The van der Waals surface area contributed by atoms with Crippen molar-refractivity contribution < 1.29 is 5.21 Å². The summed E-state index contributed by atoms with van der Waals surface area (Å²) in [7, 11) is 0. The average molecular weight is 239 g/mol. The third kappa shape index (κ3) is 7.64. The van der Waals surface area contributed by atoms with Crippen molar-refractivity contribution in [3.05, 3.63) is 0 Å². The van der Waals surface area contributed by atoms with Crippen molar-refractivity contribution in [1.29, 1.82) is 0 Å². The summed E-state index contributed by atoms with van der Waals surface area (Å²) in [5, 5.41) is 15.0. The lowest BCUT2D eigenvalue weighted by atomic mass is 9.86. The maximum Gasteiger partial charge on any atom is 0.144 e. The summed E-state index contributed by atoms with van der Waals surface area (Å²) in [6.45, 7) is 5.95. The first-order valence-electron chi connectivity index (χ1n) is 6.17. The van der Waals surface area contributed by atoms with E-state index in [4.69, 9.17) is 17.4 Å². The van der Waals surface area contributed by atoms with Crippen LogP contribution in [0.1, 0.15) is 46.0 Å². The van der Waals surface area contributed by atoms with Gasteiger partial charge in [0.05, 0.1) is 0 Å². The zero-order valence-corrected chi connectivity index (χ0v) is 11.0. The predicted molar refractivity (Wildman–Crippen MR) is 72.0 cm³/mol. The molecule has 0 bridgehead atoms. The number of terminal acetylenes is 1. The zero-order chi connectivity index (χ0) is 13.1. The van der Waals surface area contributed by atoms with Crippen molar-refractivity contribution in [3.63, 3.8) is 0 Å². The quantitative estimate of drug-likeness (QED) is 0.144. The van der Waals surface area contributed by atoms with Crippen molar-refractivity contribution in [1.82, 2.24) is 5.32 Å². The maximum atomic E-state index is 8.63. The summed E-state index contributed by atoms with van der Waals surface area (Å²) in [6, 6.07) is 0. The van der Waals surface area contributed by atoms with Gasteiger partial charge in [0.2, 0.25) is 0 Å². The summed E-state index contributed by atoms with van der Waals surface area (Å²) in [6.07, 6.45) is 10.1. The highest BCUT2D eigenvalue weighted by Gasteiger charge is 2.22. The van der Waals surface area contributed by atoms with Gasteiger partial charge in [0.15, 0.2) is 0 Å². The lowest BCUT2D eigenvalue weighted by molar-refractivity contribution is 0.304. The summed E-state index contributed by atoms with van der Waals surface area (Å²) >= 11 is 0. The number of amidine groups is 1. The second kappa shape index (κ2) is 8.89. The van der Waals surface area contributed by atoms with Crippen LogP contribution in [0.25, 0.3) is 0 Å². The standard InChI is InChI=1S/C13H25N3O/c1-4-5-7-10-15-11-8-6-9-13(2,3)12(14)16-17/h1,15,17H,5-11H2,2-3H3,(H2,14,16). The Bertz CT molecular complexity index is 266. The number of hydrogen-bond acceptors (Lipinski definition) is 3. The molecule has 4 nitrogen and oxygen atoms in total. The Kier molecular flexibility index (Phi) is 8.25. The molecule has 0 unspecified atom stereocenters. The molecule has 0 saturated heterocycles. The first-order valence-corrected chi connectivity index (χ1v) is 6.17. The van der Waals surface area contributed by atoms with E-state index in [0.717, 1.165) is 45.2 Å². The SMILES string of the molecule is C#CCCCNCCCCC(C)(C)C(N)=NO. The minimum Gasteiger partial charge on any atom is -0.409 e. The van der Waals surface area contributed by atoms with Gasteiger partial charge >= 0.3 is 0 Å². The molecule has 17 heavy (non-hydrogen) atoms. The Morgan fingerprint density at radius 3 is 2.59 bits per heavy atom. The van der Waals surface area contributed by atoms with Gasteiger partial charge in [0, 0.05) is 11.8 Å². The van der Waals surface area contributed by atoms with Crippen LogP contribution >= 0.6 is 0 Å². The van der Waals surface area contributed by atoms with Gasteiger partial charge in [-0.15, -0.1) is 12.3 Å². The number of unbranched alkanes of at least 4 members (excludes halogenated alkanes) is 2. The molecular weight excluding hydrogens is 214 g/mol. The third-order valence-corrected chi connectivity index (χ3v) is 2.88. The van der Waals surface area contributed by atoms with E-state index in [2.05, 4.69) is 16.4 Å². The first-order chi connectivity index (χ1) is 8.04. The van der Waals surface area contributed by atoms with Crippen LogP contribution in [-0.2, 0) is 0 Å². The van der Waals surface area contributed by atoms with Crippen molar-refractivity contribution in [3.8, 4) is 12.3 Å². The van der Waals surface area contributed by atoms with E-state index < -0.39 is 0 Å². The van der Waals surface area contributed by atoms with Gasteiger partial charge in [-0.25, -0.2) is 0 Å². The average Bonchev–Trinajstić information content (AvgIpc) is 2.31. The van der Waals surface area contributed by atoms with E-state index in [-0.39, 0.29) is 5.41 Å². The lowest BCUT2D eigenvalue weighted by Gasteiger charge is -2.22. The van der Waals surface area contributed by atoms with Crippen LogP contribution in [0.15, 0.2) is 5.16 Å². The molecule has 0 aliphatic heterocycles. The summed E-state index contributed by atoms with van der Waals surface area (Å²) < 4.78 is 0. The van der Waals surface area contributed by atoms with E-state index in [1.54, 1.807) is 0 Å². The summed E-state index contributed by atoms with van der Waals surface area (Å²) in [5.41, 5.74) is 5.39. The van der Waals surface area contributed by atoms with E-state index >= 15 is 0 Å². The summed E-state index contributed by atoms with van der Waals surface area (Å²) in [5.74, 6) is 2.92. The van der Waals surface area contributed by atoms with Crippen molar-refractivity contribution >= 4 is 5.84 Å². The molecule has 0 atom stereocenters. The molecule has 0 rings (SSSR count). The fourth-order valence-corrected chi connectivity index (χ4v) is 1.52. The minimum atomic E-state index is -0.224. The van der Waals surface area contributed by atoms with Gasteiger partial charge < -0.3 is 16.3 Å². The number of oxime groups is 1. The van der Waals surface area contributed by atoms with Crippen molar-refractivity contribution in [2.24, 2.45) is 16.3 Å². The van der Waals surface area contributed by atoms with Crippen LogP contribution in [0.3, 0.4) is 0 Å². The Morgan fingerprint density at radius 2 is 2.00 bits per heavy atom. The van der Waals surface area contributed by atoms with Crippen LogP contribution < -0.4 is 11.1 Å². The molecule has 0 aromatic carbocycles. The van der Waals surface area contributed by atoms with Gasteiger partial charge in [-0.1, -0.05) is 25.4 Å². The minimum absolute atomic E-state index is 0.224. The van der Waals surface area contributed by atoms with E-state index in [9.17, 15) is 0 Å². The highest BCUT2D eigenvalue weighted by molar-refractivity contribution is 5.85. The molecule has 4 N–H and O–H groups in total. The Hall–Kier alpha value is -1.21. The van der Waals surface area contributed by atoms with Gasteiger partial charge in [-0.3, -0.25) is 0 Å². The van der Waals surface area contributed by atoms with Gasteiger partial charge in [-0.2, -0.15) is 0 Å². The van der Waals surface area contributed by atoms with Gasteiger partial charge in [0.1, 0.15) is 5.84 Å². The Labute approximate surface area is 105 Å².